The van der Waals surface area contributed by atoms with Crippen molar-refractivity contribution in [1.29, 1.82) is 0 Å². The third kappa shape index (κ3) is 3.80. The van der Waals surface area contributed by atoms with Crippen molar-refractivity contribution in [2.75, 3.05) is 27.2 Å². The van der Waals surface area contributed by atoms with Crippen LogP contribution in [0.5, 0.6) is 0 Å². The highest BCUT2D eigenvalue weighted by atomic mass is 32.1. The van der Waals surface area contributed by atoms with Crippen molar-refractivity contribution in [3.63, 3.8) is 0 Å². The molecule has 0 saturated carbocycles. The van der Waals surface area contributed by atoms with Crippen molar-refractivity contribution in [2.45, 2.75) is 25.9 Å². The summed E-state index contributed by atoms with van der Waals surface area (Å²) in [6.45, 7) is 5.58. The number of carbonyl (C=O) groups excluding carboxylic acids is 1. The summed E-state index contributed by atoms with van der Waals surface area (Å²) < 4.78 is 0. The molecule has 2 unspecified atom stereocenters. The fourth-order valence-electron chi connectivity index (χ4n) is 2.08. The highest BCUT2D eigenvalue weighted by Crippen LogP contribution is 2.19. The molecular weight excluding hydrogens is 246 g/mol. The van der Waals surface area contributed by atoms with Crippen LogP contribution in [0.15, 0.2) is 17.5 Å². The molecule has 0 aliphatic carbocycles. The maximum absolute atomic E-state index is 12.4. The summed E-state index contributed by atoms with van der Waals surface area (Å²) in [6, 6.07) is 3.47. The van der Waals surface area contributed by atoms with Crippen LogP contribution in [0.3, 0.4) is 0 Å². The lowest BCUT2D eigenvalue weighted by molar-refractivity contribution is -0.134. The number of carbonyl (C=O) groups is 1. The third-order valence-corrected chi connectivity index (χ3v) is 3.86. The Morgan fingerprint density at radius 3 is 2.61 bits per heavy atom. The number of hydrogen-bond donors (Lipinski definition) is 1. The van der Waals surface area contributed by atoms with E-state index in [0.717, 1.165) is 11.4 Å². The van der Waals surface area contributed by atoms with Gasteiger partial charge in [-0.1, -0.05) is 6.07 Å². The molecule has 0 saturated heterocycles. The molecule has 2 atom stereocenters. The van der Waals surface area contributed by atoms with Gasteiger partial charge in [0.2, 0.25) is 5.91 Å². The van der Waals surface area contributed by atoms with Gasteiger partial charge in [-0.05, 0) is 39.4 Å². The van der Waals surface area contributed by atoms with Gasteiger partial charge in [0.1, 0.15) is 6.04 Å². The number of thiophene rings is 1. The fourth-order valence-corrected chi connectivity index (χ4v) is 2.80. The fraction of sp³-hybridized carbons (Fsp3) is 0.615. The summed E-state index contributed by atoms with van der Waals surface area (Å²) in [5.41, 5.74) is 6.03. The van der Waals surface area contributed by atoms with Gasteiger partial charge in [-0.2, -0.15) is 0 Å². The zero-order chi connectivity index (χ0) is 13.7. The van der Waals surface area contributed by atoms with E-state index in [1.165, 1.54) is 11.3 Å². The molecule has 0 spiro atoms. The minimum absolute atomic E-state index is 0.00861. The van der Waals surface area contributed by atoms with E-state index in [9.17, 15) is 4.79 Å². The van der Waals surface area contributed by atoms with Gasteiger partial charge in [-0.3, -0.25) is 4.79 Å². The number of hydrogen-bond acceptors (Lipinski definition) is 4. The molecule has 0 aromatic carbocycles. The van der Waals surface area contributed by atoms with E-state index >= 15 is 0 Å². The summed E-state index contributed by atoms with van der Waals surface area (Å²) in [5, 5.41) is 1.95. The first kappa shape index (κ1) is 15.1. The average Bonchev–Trinajstić information content (AvgIpc) is 2.81. The summed E-state index contributed by atoms with van der Waals surface area (Å²) in [5.74, 6) is 0.00861. The van der Waals surface area contributed by atoms with Gasteiger partial charge in [-0.25, -0.2) is 0 Å². The normalized spacial score (nSPS) is 14.6. The lowest BCUT2D eigenvalue weighted by Crippen LogP contribution is -2.47. The van der Waals surface area contributed by atoms with E-state index in [1.54, 1.807) is 0 Å². The first-order valence-corrected chi connectivity index (χ1v) is 7.09. The number of nitrogens with two attached hydrogens (primary N) is 1. The molecule has 0 aliphatic heterocycles. The molecule has 0 aliphatic rings. The van der Waals surface area contributed by atoms with Gasteiger partial charge in [0.15, 0.2) is 0 Å². The second-order valence-electron chi connectivity index (χ2n) is 4.73. The van der Waals surface area contributed by atoms with E-state index in [-0.39, 0.29) is 11.9 Å². The van der Waals surface area contributed by atoms with Crippen LogP contribution in [0, 0.1) is 0 Å². The number of amides is 1. The van der Waals surface area contributed by atoms with Crippen molar-refractivity contribution in [3.8, 4) is 0 Å². The Kier molecular flexibility index (Phi) is 5.78. The monoisotopic (exact) mass is 269 g/mol. The Morgan fingerprint density at radius 1 is 1.50 bits per heavy atom. The van der Waals surface area contributed by atoms with Crippen molar-refractivity contribution in [1.82, 2.24) is 9.80 Å². The van der Waals surface area contributed by atoms with Gasteiger partial charge < -0.3 is 15.5 Å². The van der Waals surface area contributed by atoms with Crippen LogP contribution in [0.4, 0.5) is 0 Å². The molecule has 102 valence electrons. The number of rotatable bonds is 6. The first-order valence-electron chi connectivity index (χ1n) is 6.21. The second-order valence-corrected chi connectivity index (χ2v) is 5.71. The predicted molar refractivity (Wildman–Crippen MR) is 76.7 cm³/mol. The Balaban J connectivity index is 2.73. The van der Waals surface area contributed by atoms with Crippen LogP contribution < -0.4 is 5.73 Å². The lowest BCUT2D eigenvalue weighted by Gasteiger charge is -2.31. The molecule has 5 heteroatoms. The van der Waals surface area contributed by atoms with Crippen LogP contribution in [0.25, 0.3) is 0 Å². The largest absolute Gasteiger partial charge is 0.337 e. The maximum Gasteiger partial charge on any atom is 0.245 e. The topological polar surface area (TPSA) is 49.6 Å². The lowest BCUT2D eigenvalue weighted by atomic mass is 10.2. The molecule has 1 amide bonds. The third-order valence-electron chi connectivity index (χ3n) is 2.90. The molecule has 4 nitrogen and oxygen atoms in total. The van der Waals surface area contributed by atoms with Gasteiger partial charge >= 0.3 is 0 Å². The average molecular weight is 269 g/mol. The molecule has 1 rings (SSSR count). The highest BCUT2D eigenvalue weighted by molar-refractivity contribution is 7.10. The maximum atomic E-state index is 12.4. The minimum Gasteiger partial charge on any atom is -0.337 e. The molecule has 1 aromatic rings. The van der Waals surface area contributed by atoms with Crippen LogP contribution in [0.1, 0.15) is 24.8 Å². The SMILES string of the molecule is CCN(C(=O)C(N)c1cccs1)C(C)CN(C)C. The van der Waals surface area contributed by atoms with Crippen LogP contribution in [-0.2, 0) is 4.79 Å². The highest BCUT2D eigenvalue weighted by Gasteiger charge is 2.25. The second kappa shape index (κ2) is 6.87. The van der Waals surface area contributed by atoms with Crippen LogP contribution in [0.2, 0.25) is 0 Å². The van der Waals surface area contributed by atoms with Gasteiger partial charge in [0.05, 0.1) is 0 Å². The molecule has 2 N–H and O–H groups in total. The zero-order valence-electron chi connectivity index (χ0n) is 11.6. The summed E-state index contributed by atoms with van der Waals surface area (Å²) >= 11 is 1.53. The Labute approximate surface area is 113 Å². The summed E-state index contributed by atoms with van der Waals surface area (Å²) in [7, 11) is 4.02. The van der Waals surface area contributed by atoms with Crippen molar-refractivity contribution < 1.29 is 4.79 Å². The van der Waals surface area contributed by atoms with E-state index in [0.29, 0.717) is 6.54 Å². The van der Waals surface area contributed by atoms with Crippen LogP contribution in [-0.4, -0.2) is 48.9 Å². The van der Waals surface area contributed by atoms with Crippen molar-refractivity contribution >= 4 is 17.2 Å². The number of nitrogens with zero attached hydrogens (tertiary/aromatic N) is 2. The molecular formula is C13H23N3OS. The Morgan fingerprint density at radius 2 is 2.17 bits per heavy atom. The van der Waals surface area contributed by atoms with E-state index in [1.807, 2.05) is 43.4 Å². The molecule has 0 radical (unpaired) electrons. The molecule has 1 aromatic heterocycles. The minimum atomic E-state index is -0.533. The van der Waals surface area contributed by atoms with Crippen LogP contribution >= 0.6 is 11.3 Å². The Hall–Kier alpha value is -0.910. The molecule has 1 heterocycles. The van der Waals surface area contributed by atoms with E-state index in [4.69, 9.17) is 5.73 Å². The standard InChI is InChI=1S/C13H23N3OS/c1-5-16(10(2)9-15(3)4)13(17)12(14)11-7-6-8-18-11/h6-8,10,12H,5,9,14H2,1-4H3. The van der Waals surface area contributed by atoms with Gasteiger partial charge in [-0.15, -0.1) is 11.3 Å². The number of likely N-dealkylation sites (N-methyl/N-ethyl adjacent to an activating group) is 2. The van der Waals surface area contributed by atoms with Crippen molar-refractivity contribution in [3.05, 3.63) is 22.4 Å². The summed E-state index contributed by atoms with van der Waals surface area (Å²) in [4.78, 5) is 17.2. The predicted octanol–water partition coefficient (Wildman–Crippen LogP) is 1.55. The van der Waals surface area contributed by atoms with Gasteiger partial charge in [0.25, 0.3) is 0 Å². The quantitative estimate of drug-likeness (QED) is 0.852. The molecule has 0 fully saturated rings. The van der Waals surface area contributed by atoms with E-state index in [2.05, 4.69) is 11.8 Å². The van der Waals surface area contributed by atoms with Gasteiger partial charge in [0, 0.05) is 24.0 Å². The zero-order valence-corrected chi connectivity index (χ0v) is 12.4. The van der Waals surface area contributed by atoms with Crippen molar-refractivity contribution in [2.24, 2.45) is 5.73 Å². The Bertz CT molecular complexity index is 364. The smallest absolute Gasteiger partial charge is 0.245 e. The summed E-state index contributed by atoms with van der Waals surface area (Å²) in [6.07, 6.45) is 0. The first-order chi connectivity index (χ1) is 8.47. The van der Waals surface area contributed by atoms with E-state index < -0.39 is 6.04 Å². The molecule has 18 heavy (non-hydrogen) atoms. The molecule has 0 bridgehead atoms.